The zero-order valence-electron chi connectivity index (χ0n) is 18.4. The van der Waals surface area contributed by atoms with E-state index in [0.29, 0.717) is 6.54 Å². The van der Waals surface area contributed by atoms with Gasteiger partial charge in [-0.25, -0.2) is 0 Å². The normalized spacial score (nSPS) is 17.1. The lowest BCUT2D eigenvalue weighted by Crippen LogP contribution is -3.15. The van der Waals surface area contributed by atoms with E-state index in [1.165, 1.54) is 32.6 Å². The number of carbonyl (C=O) groups excluding carboxylic acids is 1. The Labute approximate surface area is 183 Å². The summed E-state index contributed by atoms with van der Waals surface area (Å²) in [5.74, 6) is 1.19. The van der Waals surface area contributed by atoms with Gasteiger partial charge in [-0.15, -0.1) is 0 Å². The number of rotatable bonds is 4. The average molecular weight is 420 g/mol. The van der Waals surface area contributed by atoms with Crippen LogP contribution < -0.4 is 14.5 Å². The highest BCUT2D eigenvalue weighted by Gasteiger charge is 2.29. The number of benzene rings is 2. The minimum Gasteiger partial charge on any atom is -0.495 e. The molecule has 31 heavy (non-hydrogen) atoms. The molecule has 1 fully saturated rings. The number of amides is 1. The third-order valence-corrected chi connectivity index (χ3v) is 6.78. The van der Waals surface area contributed by atoms with Gasteiger partial charge in [0.25, 0.3) is 5.91 Å². The summed E-state index contributed by atoms with van der Waals surface area (Å²) in [7, 11) is 1.72. The number of quaternary nitrogens is 1. The molecule has 2 aliphatic rings. The zero-order chi connectivity index (χ0) is 21.4. The maximum Gasteiger partial charge on any atom is 0.278 e. The van der Waals surface area contributed by atoms with Gasteiger partial charge in [0.05, 0.1) is 39.0 Å². The molecule has 1 aromatic heterocycles. The second-order valence-corrected chi connectivity index (χ2v) is 8.78. The Kier molecular flexibility index (Phi) is 5.32. The molecule has 0 unspecified atom stereocenters. The van der Waals surface area contributed by atoms with Gasteiger partial charge < -0.3 is 24.4 Å². The molecule has 0 bridgehead atoms. The first-order valence-electron chi connectivity index (χ1n) is 11.2. The predicted molar refractivity (Wildman–Crippen MR) is 123 cm³/mol. The van der Waals surface area contributed by atoms with Crippen molar-refractivity contribution >= 4 is 22.5 Å². The maximum absolute atomic E-state index is 13.1. The minimum absolute atomic E-state index is 0.272. The minimum atomic E-state index is 0.272. The number of aromatic nitrogens is 1. The van der Waals surface area contributed by atoms with Crippen molar-refractivity contribution in [3.63, 3.8) is 0 Å². The molecule has 3 heterocycles. The number of nitrogens with one attached hydrogen (secondary N) is 2. The van der Waals surface area contributed by atoms with Crippen LogP contribution in [-0.4, -0.2) is 62.2 Å². The summed E-state index contributed by atoms with van der Waals surface area (Å²) >= 11 is 0. The van der Waals surface area contributed by atoms with Crippen molar-refractivity contribution in [1.29, 1.82) is 0 Å². The summed E-state index contributed by atoms with van der Waals surface area (Å²) in [5.41, 5.74) is 6.18. The van der Waals surface area contributed by atoms with E-state index in [0.717, 1.165) is 57.1 Å². The first-order chi connectivity index (χ1) is 15.1. The molecule has 0 spiro atoms. The van der Waals surface area contributed by atoms with Gasteiger partial charge in [-0.2, -0.15) is 0 Å². The van der Waals surface area contributed by atoms with Crippen LogP contribution >= 0.6 is 0 Å². The molecular weight excluding hydrogens is 388 g/mol. The molecule has 2 aliphatic heterocycles. The Bertz CT molecular complexity index is 1100. The van der Waals surface area contributed by atoms with Crippen molar-refractivity contribution in [3.8, 4) is 5.75 Å². The van der Waals surface area contributed by atoms with Gasteiger partial charge in [-0.1, -0.05) is 23.8 Å². The fraction of sp³-hybridized carbons (Fsp3) is 0.400. The lowest BCUT2D eigenvalue weighted by Gasteiger charge is -2.35. The Morgan fingerprint density at radius 1 is 1.13 bits per heavy atom. The van der Waals surface area contributed by atoms with Crippen LogP contribution in [0.1, 0.15) is 16.8 Å². The summed E-state index contributed by atoms with van der Waals surface area (Å²) in [4.78, 5) is 22.5. The van der Waals surface area contributed by atoms with E-state index < -0.39 is 0 Å². The number of H-pyrrole nitrogens is 1. The number of aryl methyl sites for hydroxylation is 1. The predicted octanol–water partition coefficient (Wildman–Crippen LogP) is 1.77. The topological polar surface area (TPSA) is 53.0 Å². The maximum atomic E-state index is 13.1. The van der Waals surface area contributed by atoms with Gasteiger partial charge in [0.15, 0.2) is 6.54 Å². The summed E-state index contributed by atoms with van der Waals surface area (Å²) < 4.78 is 5.52. The Balaban J connectivity index is 1.21. The van der Waals surface area contributed by atoms with Crippen LogP contribution in [-0.2, 0) is 17.8 Å². The second-order valence-electron chi connectivity index (χ2n) is 8.78. The molecule has 0 radical (unpaired) electrons. The molecular formula is C25H31N4O2+. The van der Waals surface area contributed by atoms with Crippen LogP contribution in [0.4, 0.5) is 5.69 Å². The van der Waals surface area contributed by atoms with Gasteiger partial charge >= 0.3 is 0 Å². The molecule has 1 amide bonds. The van der Waals surface area contributed by atoms with E-state index in [4.69, 9.17) is 4.74 Å². The van der Waals surface area contributed by atoms with E-state index in [-0.39, 0.29) is 5.91 Å². The monoisotopic (exact) mass is 419 g/mol. The van der Waals surface area contributed by atoms with Gasteiger partial charge in [0, 0.05) is 41.7 Å². The molecule has 162 valence electrons. The quantitative estimate of drug-likeness (QED) is 0.678. The number of ether oxygens (including phenoxy) is 1. The fourth-order valence-corrected chi connectivity index (χ4v) is 5.00. The highest BCUT2D eigenvalue weighted by molar-refractivity contribution is 5.86. The lowest BCUT2D eigenvalue weighted by molar-refractivity contribution is -0.892. The second kappa shape index (κ2) is 8.27. The number of hydrogen-bond acceptors (Lipinski definition) is 3. The number of aromatic amines is 1. The summed E-state index contributed by atoms with van der Waals surface area (Å²) in [6.07, 6.45) is 0.908. The molecule has 0 aliphatic carbocycles. The number of methoxy groups -OCH3 is 1. The fourth-order valence-electron chi connectivity index (χ4n) is 5.00. The molecule has 1 saturated heterocycles. The number of anilines is 1. The average Bonchev–Trinajstić information content (AvgIpc) is 3.16. The largest absolute Gasteiger partial charge is 0.495 e. The molecule has 3 aromatic rings. The van der Waals surface area contributed by atoms with Crippen LogP contribution in [0.25, 0.3) is 10.9 Å². The molecule has 0 atom stereocenters. The molecule has 2 aromatic carbocycles. The van der Waals surface area contributed by atoms with Crippen LogP contribution in [0.15, 0.2) is 42.5 Å². The Morgan fingerprint density at radius 3 is 2.74 bits per heavy atom. The van der Waals surface area contributed by atoms with Gasteiger partial charge in [0.2, 0.25) is 0 Å². The summed E-state index contributed by atoms with van der Waals surface area (Å²) in [6, 6.07) is 14.7. The van der Waals surface area contributed by atoms with Crippen LogP contribution in [0, 0.1) is 6.92 Å². The number of nitrogens with zero attached hydrogens (tertiary/aromatic N) is 2. The van der Waals surface area contributed by atoms with E-state index in [1.54, 1.807) is 7.11 Å². The van der Waals surface area contributed by atoms with Crippen molar-refractivity contribution in [1.82, 2.24) is 9.88 Å². The van der Waals surface area contributed by atoms with Crippen LogP contribution in [0.2, 0.25) is 0 Å². The Morgan fingerprint density at radius 2 is 1.94 bits per heavy atom. The molecule has 0 saturated carbocycles. The first-order valence-corrected chi connectivity index (χ1v) is 11.2. The van der Waals surface area contributed by atoms with Gasteiger partial charge in [0.1, 0.15) is 5.75 Å². The zero-order valence-corrected chi connectivity index (χ0v) is 18.4. The van der Waals surface area contributed by atoms with Crippen molar-refractivity contribution in [3.05, 3.63) is 59.3 Å². The van der Waals surface area contributed by atoms with Crippen LogP contribution in [0.5, 0.6) is 5.75 Å². The van der Waals surface area contributed by atoms with Crippen molar-refractivity contribution < 1.29 is 14.4 Å². The molecule has 6 heteroatoms. The van der Waals surface area contributed by atoms with E-state index >= 15 is 0 Å². The smallest absolute Gasteiger partial charge is 0.278 e. The number of hydrogen-bond donors (Lipinski definition) is 2. The number of piperazine rings is 1. The van der Waals surface area contributed by atoms with E-state index in [2.05, 4.69) is 52.0 Å². The van der Waals surface area contributed by atoms with Crippen molar-refractivity contribution in [2.24, 2.45) is 0 Å². The highest BCUT2D eigenvalue weighted by Crippen LogP contribution is 2.29. The van der Waals surface area contributed by atoms with Gasteiger partial charge in [-0.3, -0.25) is 4.79 Å². The van der Waals surface area contributed by atoms with Crippen molar-refractivity contribution in [2.45, 2.75) is 19.9 Å². The lowest BCUT2D eigenvalue weighted by atomic mass is 10.0. The molecule has 2 N–H and O–H groups in total. The summed E-state index contributed by atoms with van der Waals surface area (Å²) in [6.45, 7) is 8.04. The Hall–Kier alpha value is -2.99. The van der Waals surface area contributed by atoms with Crippen LogP contribution in [0.3, 0.4) is 0 Å². The van der Waals surface area contributed by atoms with E-state index in [1.807, 2.05) is 12.1 Å². The number of carbonyl (C=O) groups is 1. The molecule has 6 nitrogen and oxygen atoms in total. The highest BCUT2D eigenvalue weighted by atomic mass is 16.5. The first kappa shape index (κ1) is 19.9. The SMILES string of the molecule is COc1ccccc1N1CC[NH+](CC(=O)N2CCc3[nH]c4ccc(C)cc4c3C2)CC1. The van der Waals surface area contributed by atoms with Gasteiger partial charge in [-0.05, 0) is 31.2 Å². The standard InChI is InChI=1S/C25H30N4O2/c1-18-7-8-21-19(15-18)20-16-29(10-9-22(20)26-21)25(30)17-27-11-13-28(14-12-27)23-5-3-4-6-24(23)31-2/h3-8,15,26H,9-14,16-17H2,1-2H3/p+1. The number of fused-ring (bicyclic) bond motifs is 3. The number of para-hydroxylation sites is 2. The molecule has 5 rings (SSSR count). The third-order valence-electron chi connectivity index (χ3n) is 6.78. The third kappa shape index (κ3) is 3.88. The van der Waals surface area contributed by atoms with Crippen molar-refractivity contribution in [2.75, 3.05) is 51.3 Å². The van der Waals surface area contributed by atoms with E-state index in [9.17, 15) is 4.79 Å². The summed E-state index contributed by atoms with van der Waals surface area (Å²) in [5, 5.41) is 1.27.